The Kier molecular flexibility index (Phi) is 7.43. The van der Waals surface area contributed by atoms with Crippen LogP contribution in [0.15, 0.2) is 67.3 Å². The Hall–Kier alpha value is -2.80. The van der Waals surface area contributed by atoms with E-state index in [1.165, 1.54) is 34.7 Å². The number of hydrogen-bond donors (Lipinski definition) is 1. The molecule has 0 saturated carbocycles. The fraction of sp³-hybridized carbons (Fsp3) is 0.231. The lowest BCUT2D eigenvalue weighted by molar-refractivity contribution is 0.471. The lowest BCUT2D eigenvalue weighted by Gasteiger charge is -2.09. The molecule has 3 aromatic rings. The first kappa shape index (κ1) is 20.5. The van der Waals surface area contributed by atoms with E-state index in [4.69, 9.17) is 0 Å². The second kappa shape index (κ2) is 9.78. The summed E-state index contributed by atoms with van der Waals surface area (Å²) in [6.45, 7) is 11.9. The molecular formula is C26H30O. The highest BCUT2D eigenvalue weighted by Gasteiger charge is 2.05. The number of phenolic OH excluding ortho intramolecular Hbond substituents is 1. The van der Waals surface area contributed by atoms with Crippen LogP contribution in [0.4, 0.5) is 0 Å². The molecule has 1 heteroatoms. The average Bonchev–Trinajstić information content (AvgIpc) is 2.64. The van der Waals surface area contributed by atoms with E-state index in [9.17, 15) is 5.11 Å². The minimum absolute atomic E-state index is 0.339. The molecule has 1 N–H and O–H groups in total. The average molecular weight is 359 g/mol. The van der Waals surface area contributed by atoms with Gasteiger partial charge in [-0.15, -0.1) is 0 Å². The van der Waals surface area contributed by atoms with Gasteiger partial charge in [0.15, 0.2) is 0 Å². The molecule has 0 saturated heterocycles. The van der Waals surface area contributed by atoms with Gasteiger partial charge in [0.05, 0.1) is 0 Å². The fourth-order valence-corrected chi connectivity index (χ4v) is 2.87. The molecule has 140 valence electrons. The Morgan fingerprint density at radius 3 is 1.96 bits per heavy atom. The van der Waals surface area contributed by atoms with Gasteiger partial charge in [0.2, 0.25) is 0 Å². The third kappa shape index (κ3) is 5.10. The first-order valence-corrected chi connectivity index (χ1v) is 9.70. The minimum atomic E-state index is 0.339. The quantitative estimate of drug-likeness (QED) is 0.463. The van der Waals surface area contributed by atoms with Crippen molar-refractivity contribution in [2.75, 3.05) is 0 Å². The predicted octanol–water partition coefficient (Wildman–Crippen LogP) is 7.83. The molecule has 0 heterocycles. The van der Waals surface area contributed by atoms with Crippen LogP contribution in [0.2, 0.25) is 0 Å². The summed E-state index contributed by atoms with van der Waals surface area (Å²) in [6.07, 6.45) is 8.88. The smallest absolute Gasteiger partial charge is 0.118 e. The van der Waals surface area contributed by atoms with Gasteiger partial charge in [-0.1, -0.05) is 62.9 Å². The highest BCUT2D eigenvalue weighted by Crippen LogP contribution is 2.30. The zero-order valence-electron chi connectivity index (χ0n) is 16.9. The molecule has 0 amide bonds. The normalized spacial score (nSPS) is 11.6. The number of allylic oxidation sites excluding steroid dienone is 2. The second-order valence-electron chi connectivity index (χ2n) is 6.53. The Bertz CT molecular complexity index is 942. The highest BCUT2D eigenvalue weighted by atomic mass is 16.3. The van der Waals surface area contributed by atoms with Crippen molar-refractivity contribution in [2.24, 2.45) is 0 Å². The van der Waals surface area contributed by atoms with E-state index in [2.05, 4.69) is 56.0 Å². The molecule has 0 bridgehead atoms. The van der Waals surface area contributed by atoms with Crippen molar-refractivity contribution in [3.05, 3.63) is 84.0 Å². The van der Waals surface area contributed by atoms with Crippen LogP contribution in [0, 0.1) is 13.8 Å². The molecule has 4 rings (SSSR count). The van der Waals surface area contributed by atoms with Crippen LogP contribution >= 0.6 is 0 Å². The maximum atomic E-state index is 9.65. The fourth-order valence-electron chi connectivity index (χ4n) is 2.87. The Morgan fingerprint density at radius 1 is 0.815 bits per heavy atom. The molecule has 0 fully saturated rings. The summed E-state index contributed by atoms with van der Waals surface area (Å²) in [5, 5.41) is 12.1. The molecule has 0 unspecified atom stereocenters. The summed E-state index contributed by atoms with van der Waals surface area (Å²) in [6, 6.07) is 16.5. The van der Waals surface area contributed by atoms with Crippen LogP contribution in [0.25, 0.3) is 28.0 Å². The zero-order valence-corrected chi connectivity index (χ0v) is 16.9. The minimum Gasteiger partial charge on any atom is -0.508 e. The van der Waals surface area contributed by atoms with Crippen LogP contribution in [0.1, 0.15) is 43.4 Å². The first-order chi connectivity index (χ1) is 13.1. The third-order valence-electron chi connectivity index (χ3n) is 4.62. The summed E-state index contributed by atoms with van der Waals surface area (Å²) in [5.41, 5.74) is 5.58. The van der Waals surface area contributed by atoms with Gasteiger partial charge in [-0.3, -0.25) is 0 Å². The van der Waals surface area contributed by atoms with E-state index in [0.29, 0.717) is 5.75 Å². The van der Waals surface area contributed by atoms with E-state index in [0.717, 1.165) is 16.7 Å². The SMILES string of the molecule is C1=CCC1.C=Cc1cc(C)c2cc(-c3ccc(O)c(C)c3)ccc2c1.CC. The van der Waals surface area contributed by atoms with E-state index in [1.807, 2.05) is 39.0 Å². The third-order valence-corrected chi connectivity index (χ3v) is 4.62. The van der Waals surface area contributed by atoms with Crippen LogP contribution < -0.4 is 0 Å². The molecular weight excluding hydrogens is 328 g/mol. The number of fused-ring (bicyclic) bond motifs is 1. The monoisotopic (exact) mass is 358 g/mol. The first-order valence-electron chi connectivity index (χ1n) is 9.70. The highest BCUT2D eigenvalue weighted by molar-refractivity contribution is 5.91. The summed E-state index contributed by atoms with van der Waals surface area (Å²) in [5.74, 6) is 0.339. The molecule has 1 aliphatic carbocycles. The van der Waals surface area contributed by atoms with E-state index >= 15 is 0 Å². The Morgan fingerprint density at radius 2 is 1.41 bits per heavy atom. The van der Waals surface area contributed by atoms with E-state index in [1.54, 1.807) is 6.07 Å². The lowest BCUT2D eigenvalue weighted by atomic mass is 9.96. The zero-order chi connectivity index (χ0) is 19.8. The topological polar surface area (TPSA) is 20.2 Å². The van der Waals surface area contributed by atoms with E-state index in [-0.39, 0.29) is 0 Å². The summed E-state index contributed by atoms with van der Waals surface area (Å²) in [4.78, 5) is 0. The van der Waals surface area contributed by atoms with E-state index < -0.39 is 0 Å². The molecule has 1 aliphatic rings. The summed E-state index contributed by atoms with van der Waals surface area (Å²) in [7, 11) is 0. The van der Waals surface area contributed by atoms with Crippen molar-refractivity contribution in [3.63, 3.8) is 0 Å². The van der Waals surface area contributed by atoms with Gasteiger partial charge in [-0.05, 0) is 89.5 Å². The molecule has 0 atom stereocenters. The van der Waals surface area contributed by atoms with Crippen LogP contribution in [-0.4, -0.2) is 5.11 Å². The Balaban J connectivity index is 0.000000378. The van der Waals surface area contributed by atoms with Gasteiger partial charge in [-0.2, -0.15) is 0 Å². The number of rotatable bonds is 2. The maximum absolute atomic E-state index is 9.65. The Labute approximate surface area is 163 Å². The molecule has 0 radical (unpaired) electrons. The molecule has 1 nitrogen and oxygen atoms in total. The van der Waals surface area contributed by atoms with Gasteiger partial charge >= 0.3 is 0 Å². The van der Waals surface area contributed by atoms with Crippen molar-refractivity contribution >= 4 is 16.8 Å². The van der Waals surface area contributed by atoms with Gasteiger partial charge in [0, 0.05) is 0 Å². The second-order valence-corrected chi connectivity index (χ2v) is 6.53. The van der Waals surface area contributed by atoms with Gasteiger partial charge in [0.25, 0.3) is 0 Å². The summed E-state index contributed by atoms with van der Waals surface area (Å²) >= 11 is 0. The van der Waals surface area contributed by atoms with Gasteiger partial charge in [-0.25, -0.2) is 0 Å². The van der Waals surface area contributed by atoms with Crippen molar-refractivity contribution in [3.8, 4) is 16.9 Å². The maximum Gasteiger partial charge on any atom is 0.118 e. The van der Waals surface area contributed by atoms with Crippen LogP contribution in [0.3, 0.4) is 0 Å². The number of phenols is 1. The van der Waals surface area contributed by atoms with Crippen molar-refractivity contribution in [1.82, 2.24) is 0 Å². The number of hydrogen-bond acceptors (Lipinski definition) is 1. The van der Waals surface area contributed by atoms with Crippen molar-refractivity contribution in [1.29, 1.82) is 0 Å². The number of benzene rings is 3. The number of aromatic hydroxyl groups is 1. The standard InChI is InChI=1S/C20H18O.C4H6.C2H6/c1-4-15-9-13(2)19-12-17(5-6-18(19)11-15)16-7-8-20(21)14(3)10-16;1-2-4-3-1;1-2/h4-12,21H,1H2,2-3H3;1-2H,3-4H2;1-2H3. The molecule has 0 spiro atoms. The molecule has 27 heavy (non-hydrogen) atoms. The predicted molar refractivity (Wildman–Crippen MR) is 120 cm³/mol. The van der Waals surface area contributed by atoms with Gasteiger partial charge in [0.1, 0.15) is 5.75 Å². The van der Waals surface area contributed by atoms with Crippen LogP contribution in [0.5, 0.6) is 5.75 Å². The molecule has 0 aromatic heterocycles. The molecule has 0 aliphatic heterocycles. The lowest BCUT2D eigenvalue weighted by Crippen LogP contribution is -1.85. The van der Waals surface area contributed by atoms with Crippen molar-refractivity contribution < 1.29 is 5.11 Å². The summed E-state index contributed by atoms with van der Waals surface area (Å²) < 4.78 is 0. The largest absolute Gasteiger partial charge is 0.508 e. The molecule has 3 aromatic carbocycles. The van der Waals surface area contributed by atoms with Crippen molar-refractivity contribution in [2.45, 2.75) is 40.5 Å². The number of aryl methyl sites for hydroxylation is 2. The van der Waals surface area contributed by atoms with Crippen LogP contribution in [-0.2, 0) is 0 Å². The van der Waals surface area contributed by atoms with Gasteiger partial charge < -0.3 is 5.11 Å².